The van der Waals surface area contributed by atoms with E-state index in [1.165, 1.54) is 6.42 Å². The van der Waals surface area contributed by atoms with Crippen molar-refractivity contribution < 1.29 is 4.74 Å². The van der Waals surface area contributed by atoms with Crippen molar-refractivity contribution in [2.24, 2.45) is 5.92 Å². The first kappa shape index (κ1) is 17.0. The fourth-order valence-corrected chi connectivity index (χ4v) is 2.29. The smallest absolute Gasteiger partial charge is 0.161 e. The topological polar surface area (TPSA) is 42.3 Å². The Hall–Kier alpha value is -1.07. The molecule has 0 aliphatic heterocycles. The Kier molecular flexibility index (Phi) is 7.02. The molecule has 2 atom stereocenters. The Balaban J connectivity index is 2.95. The van der Waals surface area contributed by atoms with Crippen molar-refractivity contribution in [3.63, 3.8) is 0 Å². The molecule has 1 aromatic heterocycles. The van der Waals surface area contributed by atoms with Crippen LogP contribution in [0.3, 0.4) is 0 Å². The Morgan fingerprint density at radius 1 is 1.45 bits per heavy atom. The molecule has 0 aliphatic rings. The fourth-order valence-electron chi connectivity index (χ4n) is 2.29. The summed E-state index contributed by atoms with van der Waals surface area (Å²) in [7, 11) is 7.88. The van der Waals surface area contributed by atoms with Gasteiger partial charge in [-0.15, -0.1) is 0 Å². The zero-order valence-electron chi connectivity index (χ0n) is 13.8. The number of hydrogen-bond donors (Lipinski definition) is 1. The van der Waals surface area contributed by atoms with Crippen molar-refractivity contribution in [1.29, 1.82) is 0 Å². The Bertz CT molecular complexity index is 389. The second-order valence-electron chi connectivity index (χ2n) is 5.71. The third-order valence-corrected chi connectivity index (χ3v) is 3.84. The van der Waals surface area contributed by atoms with Crippen LogP contribution in [0.4, 0.5) is 0 Å². The molecular weight excluding hydrogens is 252 g/mol. The highest BCUT2D eigenvalue weighted by atomic mass is 16.5. The van der Waals surface area contributed by atoms with Gasteiger partial charge in [0.2, 0.25) is 0 Å². The molecule has 2 unspecified atom stereocenters. The van der Waals surface area contributed by atoms with Gasteiger partial charge < -0.3 is 15.0 Å². The predicted octanol–water partition coefficient (Wildman–Crippen LogP) is 2.15. The lowest BCUT2D eigenvalue weighted by atomic mass is 9.97. The molecule has 5 nitrogen and oxygen atoms in total. The van der Waals surface area contributed by atoms with Gasteiger partial charge in [0.25, 0.3) is 0 Å². The lowest BCUT2D eigenvalue weighted by Crippen LogP contribution is -2.26. The minimum atomic E-state index is 0.282. The minimum absolute atomic E-state index is 0.282. The van der Waals surface area contributed by atoms with Gasteiger partial charge in [-0.2, -0.15) is 5.10 Å². The molecule has 1 heterocycles. The van der Waals surface area contributed by atoms with Crippen molar-refractivity contribution in [3.05, 3.63) is 11.9 Å². The van der Waals surface area contributed by atoms with Gasteiger partial charge in [-0.1, -0.05) is 20.3 Å². The number of ether oxygens (including phenoxy) is 1. The first-order chi connectivity index (χ1) is 9.53. The molecule has 0 saturated carbocycles. The number of nitrogens with one attached hydrogen (secondary N) is 1. The van der Waals surface area contributed by atoms with Crippen LogP contribution in [0.2, 0.25) is 0 Å². The second kappa shape index (κ2) is 8.27. The third kappa shape index (κ3) is 4.49. The first-order valence-electron chi connectivity index (χ1n) is 7.45. The maximum absolute atomic E-state index is 5.49. The normalized spacial score (nSPS) is 14.6. The molecule has 1 N–H and O–H groups in total. The van der Waals surface area contributed by atoms with Gasteiger partial charge in [0.15, 0.2) is 5.75 Å². The first-order valence-corrected chi connectivity index (χ1v) is 7.45. The SMILES string of the molecule is CCC(C)CC(NC)c1c(OC)cnn1CCN(C)C. The van der Waals surface area contributed by atoms with E-state index in [0.717, 1.165) is 31.0 Å². The number of rotatable bonds is 9. The summed E-state index contributed by atoms with van der Waals surface area (Å²) >= 11 is 0. The maximum atomic E-state index is 5.49. The summed E-state index contributed by atoms with van der Waals surface area (Å²) in [6, 6.07) is 0.282. The highest BCUT2D eigenvalue weighted by Gasteiger charge is 2.22. The van der Waals surface area contributed by atoms with E-state index >= 15 is 0 Å². The van der Waals surface area contributed by atoms with Gasteiger partial charge in [-0.3, -0.25) is 4.68 Å². The highest BCUT2D eigenvalue weighted by molar-refractivity contribution is 5.28. The molecule has 0 aromatic carbocycles. The second-order valence-corrected chi connectivity index (χ2v) is 5.71. The van der Waals surface area contributed by atoms with Crippen LogP contribution in [0.25, 0.3) is 0 Å². The van der Waals surface area contributed by atoms with Crippen LogP contribution in [-0.4, -0.2) is 49.5 Å². The summed E-state index contributed by atoms with van der Waals surface area (Å²) in [4.78, 5) is 2.17. The summed E-state index contributed by atoms with van der Waals surface area (Å²) in [5.74, 6) is 1.56. The fraction of sp³-hybridized carbons (Fsp3) is 0.800. The van der Waals surface area contributed by atoms with Gasteiger partial charge >= 0.3 is 0 Å². The third-order valence-electron chi connectivity index (χ3n) is 3.84. The standard InChI is InChI=1S/C15H30N4O/c1-7-12(2)10-13(16-3)15-14(20-6)11-17-19(15)9-8-18(4)5/h11-13,16H,7-10H2,1-6H3. The summed E-state index contributed by atoms with van der Waals surface area (Å²) in [5, 5.41) is 7.90. The van der Waals surface area contributed by atoms with Crippen LogP contribution >= 0.6 is 0 Å². The zero-order chi connectivity index (χ0) is 15.1. The Morgan fingerprint density at radius 3 is 2.65 bits per heavy atom. The van der Waals surface area contributed by atoms with Crippen LogP contribution in [-0.2, 0) is 6.54 Å². The largest absolute Gasteiger partial charge is 0.493 e. The van der Waals surface area contributed by atoms with Crippen LogP contribution < -0.4 is 10.1 Å². The van der Waals surface area contributed by atoms with Gasteiger partial charge in [-0.25, -0.2) is 0 Å². The zero-order valence-corrected chi connectivity index (χ0v) is 13.8. The molecule has 0 radical (unpaired) electrons. The molecule has 1 aromatic rings. The van der Waals surface area contributed by atoms with E-state index in [2.05, 4.69) is 47.9 Å². The van der Waals surface area contributed by atoms with Gasteiger partial charge in [0.05, 0.1) is 31.6 Å². The Labute approximate surface area is 123 Å². The van der Waals surface area contributed by atoms with E-state index in [4.69, 9.17) is 4.74 Å². The molecule has 0 bridgehead atoms. The maximum Gasteiger partial charge on any atom is 0.161 e. The average molecular weight is 282 g/mol. The van der Waals surface area contributed by atoms with E-state index in [-0.39, 0.29) is 6.04 Å². The van der Waals surface area contributed by atoms with E-state index in [9.17, 15) is 0 Å². The molecule has 0 saturated heterocycles. The number of aromatic nitrogens is 2. The molecule has 0 fully saturated rings. The molecule has 0 amide bonds. The number of methoxy groups -OCH3 is 1. The van der Waals surface area contributed by atoms with Crippen molar-refractivity contribution in [2.45, 2.75) is 39.3 Å². The Morgan fingerprint density at radius 2 is 2.15 bits per heavy atom. The average Bonchev–Trinajstić information content (AvgIpc) is 2.84. The molecule has 0 spiro atoms. The quantitative estimate of drug-likeness (QED) is 0.753. The highest BCUT2D eigenvalue weighted by Crippen LogP contribution is 2.30. The number of nitrogens with zero attached hydrogens (tertiary/aromatic N) is 3. The molecule has 1 rings (SSSR count). The number of likely N-dealkylation sites (N-methyl/N-ethyl adjacent to an activating group) is 1. The van der Waals surface area contributed by atoms with Crippen molar-refractivity contribution in [3.8, 4) is 5.75 Å². The van der Waals surface area contributed by atoms with Crippen LogP contribution in [0.5, 0.6) is 5.75 Å². The van der Waals surface area contributed by atoms with E-state index in [0.29, 0.717) is 5.92 Å². The van der Waals surface area contributed by atoms with E-state index in [1.54, 1.807) is 7.11 Å². The van der Waals surface area contributed by atoms with Crippen LogP contribution in [0.1, 0.15) is 38.4 Å². The van der Waals surface area contributed by atoms with Gasteiger partial charge in [-0.05, 0) is 33.5 Å². The summed E-state index contributed by atoms with van der Waals surface area (Å²) in [6.45, 7) is 6.37. The van der Waals surface area contributed by atoms with Crippen molar-refractivity contribution in [1.82, 2.24) is 20.0 Å². The molecular formula is C15H30N4O. The van der Waals surface area contributed by atoms with E-state index in [1.807, 2.05) is 13.2 Å². The lowest BCUT2D eigenvalue weighted by Gasteiger charge is -2.22. The molecule has 0 aliphatic carbocycles. The summed E-state index contributed by atoms with van der Waals surface area (Å²) < 4.78 is 7.57. The lowest BCUT2D eigenvalue weighted by molar-refractivity contribution is 0.341. The number of hydrogen-bond acceptors (Lipinski definition) is 4. The molecule has 5 heteroatoms. The summed E-state index contributed by atoms with van der Waals surface area (Å²) in [5.41, 5.74) is 1.16. The monoisotopic (exact) mass is 282 g/mol. The van der Waals surface area contributed by atoms with Gasteiger partial charge in [0.1, 0.15) is 0 Å². The van der Waals surface area contributed by atoms with Crippen LogP contribution in [0.15, 0.2) is 6.20 Å². The minimum Gasteiger partial charge on any atom is -0.493 e. The molecule has 116 valence electrons. The van der Waals surface area contributed by atoms with Crippen molar-refractivity contribution >= 4 is 0 Å². The van der Waals surface area contributed by atoms with Crippen molar-refractivity contribution in [2.75, 3.05) is 34.8 Å². The molecule has 20 heavy (non-hydrogen) atoms. The van der Waals surface area contributed by atoms with Crippen LogP contribution in [0, 0.1) is 5.92 Å². The summed E-state index contributed by atoms with van der Waals surface area (Å²) in [6.07, 6.45) is 4.11. The predicted molar refractivity (Wildman–Crippen MR) is 83.2 cm³/mol. The van der Waals surface area contributed by atoms with Gasteiger partial charge in [0, 0.05) is 6.54 Å². The van der Waals surface area contributed by atoms with E-state index < -0.39 is 0 Å².